The highest BCUT2D eigenvalue weighted by atomic mass is 31.2. The molecule has 0 saturated heterocycles. The number of benzene rings is 1. The first-order valence-corrected chi connectivity index (χ1v) is 11.4. The summed E-state index contributed by atoms with van der Waals surface area (Å²) in [6.07, 6.45) is 0.250. The standard InChI is InChI=1S/C19H27F2N4O7P/c1-10(9-26)23-18(29)15(25-17(28)12(3)24-16(27)11(2)22)8-13-4-6-14(7-5-13)19(20,21)33(30,31)32/h4-7,9-12,15H,8,22H2,1-3H3,(H,23,29)(H,24,27)(H,25,28)(H2,30,31,32)/t10-,11-,12-,15-/m0/s1. The van der Waals surface area contributed by atoms with Crippen molar-refractivity contribution in [3.8, 4) is 0 Å². The van der Waals surface area contributed by atoms with Crippen molar-refractivity contribution >= 4 is 31.6 Å². The molecule has 0 unspecified atom stereocenters. The van der Waals surface area contributed by atoms with Gasteiger partial charge in [-0.15, -0.1) is 0 Å². The van der Waals surface area contributed by atoms with E-state index in [-0.39, 0.29) is 12.0 Å². The molecule has 0 bridgehead atoms. The van der Waals surface area contributed by atoms with Gasteiger partial charge in [-0.3, -0.25) is 18.9 Å². The van der Waals surface area contributed by atoms with Crippen molar-refractivity contribution in [3.63, 3.8) is 0 Å². The Morgan fingerprint density at radius 2 is 1.58 bits per heavy atom. The lowest BCUT2D eigenvalue weighted by molar-refractivity contribution is -0.132. The molecule has 1 aromatic rings. The van der Waals surface area contributed by atoms with Gasteiger partial charge in [0, 0.05) is 12.0 Å². The summed E-state index contributed by atoms with van der Waals surface area (Å²) in [5.41, 5.74) is 0.379. The maximum atomic E-state index is 13.8. The quantitative estimate of drug-likeness (QED) is 0.176. The fraction of sp³-hybridized carbons (Fsp3) is 0.474. The molecular formula is C19H27F2N4O7P. The molecule has 4 atom stereocenters. The van der Waals surface area contributed by atoms with Gasteiger partial charge in [0.1, 0.15) is 18.4 Å². The number of nitrogens with one attached hydrogen (secondary N) is 3. The third-order valence-corrected chi connectivity index (χ3v) is 5.47. The van der Waals surface area contributed by atoms with Gasteiger partial charge in [-0.1, -0.05) is 24.3 Å². The van der Waals surface area contributed by atoms with Gasteiger partial charge < -0.3 is 36.3 Å². The number of rotatable bonds is 11. The van der Waals surface area contributed by atoms with Gasteiger partial charge in [0.15, 0.2) is 0 Å². The van der Waals surface area contributed by atoms with E-state index in [4.69, 9.17) is 15.5 Å². The molecule has 14 heteroatoms. The Morgan fingerprint density at radius 1 is 1.03 bits per heavy atom. The second kappa shape index (κ2) is 11.4. The van der Waals surface area contributed by atoms with E-state index in [0.717, 1.165) is 24.3 Å². The molecule has 0 aromatic heterocycles. The highest BCUT2D eigenvalue weighted by Crippen LogP contribution is 2.59. The van der Waals surface area contributed by atoms with Gasteiger partial charge in [-0.25, -0.2) is 0 Å². The fourth-order valence-corrected chi connectivity index (χ4v) is 3.01. The maximum absolute atomic E-state index is 13.8. The largest absolute Gasteiger partial charge is 0.399 e. The Hall–Kier alpha value is -2.73. The van der Waals surface area contributed by atoms with Crippen molar-refractivity contribution in [2.24, 2.45) is 5.73 Å². The lowest BCUT2D eigenvalue weighted by Crippen LogP contribution is -2.56. The minimum absolute atomic E-state index is 0.209. The van der Waals surface area contributed by atoms with Gasteiger partial charge in [0.25, 0.3) is 0 Å². The van der Waals surface area contributed by atoms with Crippen LogP contribution in [0.25, 0.3) is 0 Å². The smallest absolute Gasteiger partial charge is 0.345 e. The predicted molar refractivity (Wildman–Crippen MR) is 113 cm³/mol. The van der Waals surface area contributed by atoms with E-state index in [0.29, 0.717) is 6.29 Å². The van der Waals surface area contributed by atoms with Crippen LogP contribution in [0.15, 0.2) is 24.3 Å². The highest BCUT2D eigenvalue weighted by molar-refractivity contribution is 7.52. The molecule has 0 radical (unpaired) electrons. The van der Waals surface area contributed by atoms with Crippen LogP contribution in [-0.2, 0) is 35.8 Å². The zero-order valence-corrected chi connectivity index (χ0v) is 19.0. The molecule has 33 heavy (non-hydrogen) atoms. The normalized spacial score (nSPS) is 15.5. The first-order valence-electron chi connectivity index (χ1n) is 9.75. The summed E-state index contributed by atoms with van der Waals surface area (Å²) < 4.78 is 38.7. The van der Waals surface area contributed by atoms with Gasteiger partial charge in [-0.05, 0) is 26.3 Å². The summed E-state index contributed by atoms with van der Waals surface area (Å²) in [4.78, 5) is 65.2. The number of aldehydes is 1. The molecule has 0 heterocycles. The van der Waals surface area contributed by atoms with Crippen molar-refractivity contribution in [2.45, 2.75) is 57.0 Å². The Labute approximate surface area is 188 Å². The van der Waals surface area contributed by atoms with Gasteiger partial charge in [0.05, 0.1) is 12.1 Å². The minimum Gasteiger partial charge on any atom is -0.345 e. The molecular weight excluding hydrogens is 465 g/mol. The first-order chi connectivity index (χ1) is 15.1. The molecule has 1 aromatic carbocycles. The highest BCUT2D eigenvalue weighted by Gasteiger charge is 2.50. The third kappa shape index (κ3) is 7.97. The van der Waals surface area contributed by atoms with Crippen LogP contribution in [0.2, 0.25) is 0 Å². The van der Waals surface area contributed by atoms with E-state index in [1.165, 1.54) is 20.8 Å². The molecule has 184 valence electrons. The number of amides is 3. The van der Waals surface area contributed by atoms with Crippen molar-refractivity contribution < 1.29 is 42.3 Å². The number of halogens is 2. The number of hydrogen-bond donors (Lipinski definition) is 6. The topological polar surface area (TPSA) is 188 Å². The van der Waals surface area contributed by atoms with Crippen LogP contribution in [0.3, 0.4) is 0 Å². The summed E-state index contributed by atoms with van der Waals surface area (Å²) in [5.74, 6) is -2.10. The molecule has 7 N–H and O–H groups in total. The van der Waals surface area contributed by atoms with Crippen LogP contribution in [0.4, 0.5) is 8.78 Å². The van der Waals surface area contributed by atoms with E-state index in [9.17, 15) is 32.5 Å². The summed E-state index contributed by atoms with van der Waals surface area (Å²) in [6, 6.07) is -0.246. The second-order valence-electron chi connectivity index (χ2n) is 7.50. The summed E-state index contributed by atoms with van der Waals surface area (Å²) in [5, 5.41) is 7.13. The monoisotopic (exact) mass is 492 g/mol. The average molecular weight is 492 g/mol. The van der Waals surface area contributed by atoms with Crippen molar-refractivity contribution in [1.82, 2.24) is 16.0 Å². The maximum Gasteiger partial charge on any atom is 0.399 e. The Bertz CT molecular complexity index is 921. The van der Waals surface area contributed by atoms with E-state index in [2.05, 4.69) is 16.0 Å². The fourth-order valence-electron chi connectivity index (χ4n) is 2.52. The summed E-state index contributed by atoms with van der Waals surface area (Å²) in [7, 11) is -5.75. The van der Waals surface area contributed by atoms with Crippen molar-refractivity contribution in [2.75, 3.05) is 0 Å². The van der Waals surface area contributed by atoms with E-state index in [1.807, 2.05) is 0 Å². The molecule has 0 spiro atoms. The zero-order chi connectivity index (χ0) is 25.6. The Morgan fingerprint density at radius 3 is 2.03 bits per heavy atom. The van der Waals surface area contributed by atoms with Crippen LogP contribution in [-0.4, -0.2) is 58.0 Å². The average Bonchev–Trinajstić information content (AvgIpc) is 2.72. The Balaban J connectivity index is 3.07. The first kappa shape index (κ1) is 28.3. The van der Waals surface area contributed by atoms with Crippen LogP contribution in [0, 0.1) is 0 Å². The molecule has 0 aliphatic heterocycles. The molecule has 1 rings (SSSR count). The van der Waals surface area contributed by atoms with Crippen LogP contribution in [0.5, 0.6) is 0 Å². The van der Waals surface area contributed by atoms with Crippen LogP contribution in [0.1, 0.15) is 31.9 Å². The van der Waals surface area contributed by atoms with Gasteiger partial charge >= 0.3 is 13.3 Å². The SMILES string of the molecule is C[C@H](N)C(=O)N[C@@H](C)C(=O)N[C@@H](Cc1ccc(C(F)(F)P(=O)(O)O)cc1)C(=O)N[C@@H](C)C=O. The third-order valence-electron chi connectivity index (χ3n) is 4.48. The molecule has 0 aliphatic carbocycles. The molecule has 0 saturated carbocycles. The van der Waals surface area contributed by atoms with E-state index >= 15 is 0 Å². The summed E-state index contributed by atoms with van der Waals surface area (Å²) in [6.45, 7) is 4.17. The number of carbonyl (C=O) groups is 4. The van der Waals surface area contributed by atoms with Crippen molar-refractivity contribution in [3.05, 3.63) is 35.4 Å². The summed E-state index contributed by atoms with van der Waals surface area (Å²) >= 11 is 0. The van der Waals surface area contributed by atoms with Gasteiger partial charge in [-0.2, -0.15) is 8.78 Å². The van der Waals surface area contributed by atoms with E-state index in [1.54, 1.807) is 0 Å². The van der Waals surface area contributed by atoms with Crippen LogP contribution >= 0.6 is 7.60 Å². The molecule has 0 aliphatic rings. The number of hydrogen-bond acceptors (Lipinski definition) is 6. The lowest BCUT2D eigenvalue weighted by atomic mass is 10.0. The number of carbonyl (C=O) groups excluding carboxylic acids is 4. The predicted octanol–water partition coefficient (Wildman–Crippen LogP) is -0.504. The molecule has 11 nitrogen and oxygen atoms in total. The molecule has 0 fully saturated rings. The van der Waals surface area contributed by atoms with Crippen LogP contribution < -0.4 is 21.7 Å². The van der Waals surface area contributed by atoms with Crippen molar-refractivity contribution in [1.29, 1.82) is 0 Å². The van der Waals surface area contributed by atoms with E-state index < -0.39 is 60.7 Å². The minimum atomic E-state index is -5.75. The number of nitrogens with two attached hydrogens (primary N) is 1. The lowest BCUT2D eigenvalue weighted by Gasteiger charge is -2.23. The zero-order valence-electron chi connectivity index (χ0n) is 18.1. The number of alkyl halides is 2. The molecule has 3 amide bonds. The second-order valence-corrected chi connectivity index (χ2v) is 9.15. The van der Waals surface area contributed by atoms with Gasteiger partial charge in [0.2, 0.25) is 17.7 Å². The Kier molecular flexibility index (Phi) is 9.79.